The van der Waals surface area contributed by atoms with Gasteiger partial charge in [0.1, 0.15) is 5.82 Å². The minimum absolute atomic E-state index is 0.589. The number of piperazine rings is 1. The normalized spacial score (nSPS) is 20.7. The van der Waals surface area contributed by atoms with Crippen molar-refractivity contribution in [2.24, 2.45) is 5.73 Å². The van der Waals surface area contributed by atoms with Gasteiger partial charge in [0.25, 0.3) is 0 Å². The summed E-state index contributed by atoms with van der Waals surface area (Å²) >= 11 is 0. The summed E-state index contributed by atoms with van der Waals surface area (Å²) in [6, 6.07) is 1.93. The third-order valence-electron chi connectivity index (χ3n) is 2.08. The molecule has 1 aliphatic rings. The van der Waals surface area contributed by atoms with Crippen LogP contribution in [0.2, 0.25) is 0 Å². The van der Waals surface area contributed by atoms with Gasteiger partial charge in [0.2, 0.25) is 0 Å². The summed E-state index contributed by atoms with van der Waals surface area (Å²) in [6.45, 7) is 3.86. The van der Waals surface area contributed by atoms with Gasteiger partial charge in [0, 0.05) is 26.2 Å². The van der Waals surface area contributed by atoms with Gasteiger partial charge in [-0.25, -0.2) is 0 Å². The van der Waals surface area contributed by atoms with Crippen molar-refractivity contribution in [2.75, 3.05) is 33.2 Å². The van der Waals surface area contributed by atoms with Crippen LogP contribution in [0.1, 0.15) is 0 Å². The van der Waals surface area contributed by atoms with Crippen LogP contribution in [0.4, 0.5) is 0 Å². The molecule has 1 fully saturated rings. The van der Waals surface area contributed by atoms with E-state index in [-0.39, 0.29) is 0 Å². The molecule has 1 saturated heterocycles. The zero-order valence-corrected chi connectivity index (χ0v) is 7.32. The quantitative estimate of drug-likeness (QED) is 0.536. The largest absolute Gasteiger partial charge is 0.385 e. The molecule has 0 spiro atoms. The van der Waals surface area contributed by atoms with E-state index in [1.807, 2.05) is 11.0 Å². The third kappa shape index (κ3) is 2.14. The highest BCUT2D eigenvalue weighted by atomic mass is 15.3. The van der Waals surface area contributed by atoms with Crippen LogP contribution in [0.25, 0.3) is 0 Å². The molecule has 0 bridgehead atoms. The molecule has 0 aliphatic carbocycles. The summed E-state index contributed by atoms with van der Waals surface area (Å²) in [5.74, 6) is 0.589. The van der Waals surface area contributed by atoms with Gasteiger partial charge in [-0.3, -0.25) is 0 Å². The van der Waals surface area contributed by atoms with Crippen LogP contribution in [-0.4, -0.2) is 43.0 Å². The van der Waals surface area contributed by atoms with Crippen LogP contribution < -0.4 is 5.73 Å². The first-order valence-corrected chi connectivity index (χ1v) is 4.03. The number of allylic oxidation sites excluding steroid dienone is 1. The van der Waals surface area contributed by atoms with Crippen LogP contribution >= 0.6 is 0 Å². The summed E-state index contributed by atoms with van der Waals surface area (Å²) in [5, 5.41) is 8.38. The number of hydrogen-bond acceptors (Lipinski definition) is 4. The van der Waals surface area contributed by atoms with Gasteiger partial charge >= 0.3 is 0 Å². The Kier molecular flexibility index (Phi) is 2.94. The molecule has 1 rings (SSSR count). The minimum Gasteiger partial charge on any atom is -0.385 e. The highest BCUT2D eigenvalue weighted by Gasteiger charge is 2.13. The molecule has 66 valence electrons. The van der Waals surface area contributed by atoms with Gasteiger partial charge in [-0.1, -0.05) is 0 Å². The van der Waals surface area contributed by atoms with Crippen molar-refractivity contribution in [3.8, 4) is 6.07 Å². The van der Waals surface area contributed by atoms with Gasteiger partial charge in [0.15, 0.2) is 0 Å². The van der Waals surface area contributed by atoms with Crippen LogP contribution in [0, 0.1) is 11.3 Å². The second-order valence-corrected chi connectivity index (χ2v) is 2.99. The average molecular weight is 166 g/mol. The van der Waals surface area contributed by atoms with E-state index in [1.165, 1.54) is 6.08 Å². The Morgan fingerprint density at radius 1 is 1.42 bits per heavy atom. The van der Waals surface area contributed by atoms with Crippen molar-refractivity contribution in [3.05, 3.63) is 11.9 Å². The van der Waals surface area contributed by atoms with Gasteiger partial charge in [0.05, 0.1) is 12.1 Å². The second-order valence-electron chi connectivity index (χ2n) is 2.99. The predicted octanol–water partition coefficient (Wildman–Crippen LogP) is -0.443. The summed E-state index contributed by atoms with van der Waals surface area (Å²) < 4.78 is 0. The number of nitrogens with two attached hydrogens (primary N) is 1. The highest BCUT2D eigenvalue weighted by Crippen LogP contribution is 2.02. The van der Waals surface area contributed by atoms with Gasteiger partial charge in [-0.15, -0.1) is 0 Å². The maximum absolute atomic E-state index is 8.38. The molecule has 12 heavy (non-hydrogen) atoms. The molecule has 1 heterocycles. The first-order valence-electron chi connectivity index (χ1n) is 4.03. The van der Waals surface area contributed by atoms with Gasteiger partial charge in [-0.05, 0) is 7.05 Å². The van der Waals surface area contributed by atoms with Gasteiger partial charge < -0.3 is 15.5 Å². The van der Waals surface area contributed by atoms with Crippen LogP contribution in [0.3, 0.4) is 0 Å². The Bertz CT molecular complexity index is 208. The number of hydrogen-bond donors (Lipinski definition) is 1. The van der Waals surface area contributed by atoms with Crippen molar-refractivity contribution in [1.29, 1.82) is 5.26 Å². The first kappa shape index (κ1) is 8.88. The van der Waals surface area contributed by atoms with Crippen LogP contribution in [-0.2, 0) is 0 Å². The van der Waals surface area contributed by atoms with Crippen molar-refractivity contribution in [3.63, 3.8) is 0 Å². The Morgan fingerprint density at radius 2 is 2.00 bits per heavy atom. The van der Waals surface area contributed by atoms with E-state index < -0.39 is 0 Å². The third-order valence-corrected chi connectivity index (χ3v) is 2.08. The van der Waals surface area contributed by atoms with E-state index in [0.29, 0.717) is 5.82 Å². The Balaban J connectivity index is 2.45. The van der Waals surface area contributed by atoms with Crippen molar-refractivity contribution in [1.82, 2.24) is 9.80 Å². The molecule has 0 amide bonds. The topological polar surface area (TPSA) is 56.3 Å². The molecule has 1 aliphatic heterocycles. The minimum atomic E-state index is 0.589. The fraction of sp³-hybridized carbons (Fsp3) is 0.625. The first-order chi connectivity index (χ1) is 5.74. The lowest BCUT2D eigenvalue weighted by molar-refractivity contribution is 0.185. The van der Waals surface area contributed by atoms with E-state index in [2.05, 4.69) is 11.9 Å². The lowest BCUT2D eigenvalue weighted by Crippen LogP contribution is -2.45. The lowest BCUT2D eigenvalue weighted by atomic mass is 10.3. The molecule has 0 aromatic rings. The van der Waals surface area contributed by atoms with E-state index in [9.17, 15) is 0 Å². The fourth-order valence-corrected chi connectivity index (χ4v) is 1.22. The van der Waals surface area contributed by atoms with E-state index in [0.717, 1.165) is 26.2 Å². The summed E-state index contributed by atoms with van der Waals surface area (Å²) in [5.41, 5.74) is 5.65. The SMILES string of the molecule is CN1CCN(/C(N)=C/C#N)CC1. The number of likely N-dealkylation sites (N-methyl/N-ethyl adjacent to an activating group) is 1. The molecule has 0 atom stereocenters. The molecule has 0 saturated carbocycles. The molecule has 4 heteroatoms. The number of nitriles is 1. The summed E-state index contributed by atoms with van der Waals surface area (Å²) in [4.78, 5) is 4.28. The van der Waals surface area contributed by atoms with E-state index >= 15 is 0 Å². The standard InChI is InChI=1S/C8H14N4/c1-11-4-6-12(7-5-11)8(10)2-3-9/h2H,4-7,10H2,1H3/b8-2+. The van der Waals surface area contributed by atoms with E-state index in [1.54, 1.807) is 0 Å². The average Bonchev–Trinajstić information content (AvgIpc) is 2.06. The van der Waals surface area contributed by atoms with Crippen molar-refractivity contribution < 1.29 is 0 Å². The smallest absolute Gasteiger partial charge is 0.109 e. The monoisotopic (exact) mass is 166 g/mol. The Hall–Kier alpha value is -1.21. The number of nitrogens with zero attached hydrogens (tertiary/aromatic N) is 3. The molecule has 2 N–H and O–H groups in total. The lowest BCUT2D eigenvalue weighted by Gasteiger charge is -2.33. The number of rotatable bonds is 1. The molecule has 4 nitrogen and oxygen atoms in total. The molecule has 0 aromatic heterocycles. The summed E-state index contributed by atoms with van der Waals surface area (Å²) in [6.07, 6.45) is 1.39. The zero-order valence-electron chi connectivity index (χ0n) is 7.32. The molecular formula is C8H14N4. The Labute approximate surface area is 72.9 Å². The second kappa shape index (κ2) is 3.98. The van der Waals surface area contributed by atoms with Crippen molar-refractivity contribution >= 4 is 0 Å². The fourth-order valence-electron chi connectivity index (χ4n) is 1.22. The highest BCUT2D eigenvalue weighted by molar-refractivity contribution is 5.09. The Morgan fingerprint density at radius 3 is 2.50 bits per heavy atom. The van der Waals surface area contributed by atoms with Crippen molar-refractivity contribution in [2.45, 2.75) is 0 Å². The van der Waals surface area contributed by atoms with Gasteiger partial charge in [-0.2, -0.15) is 5.26 Å². The summed E-state index contributed by atoms with van der Waals surface area (Å²) in [7, 11) is 2.08. The molecular weight excluding hydrogens is 152 g/mol. The molecule has 0 unspecified atom stereocenters. The van der Waals surface area contributed by atoms with E-state index in [4.69, 9.17) is 11.0 Å². The zero-order chi connectivity index (χ0) is 8.97. The maximum atomic E-state index is 8.38. The predicted molar refractivity (Wildman–Crippen MR) is 47.0 cm³/mol. The molecule has 0 aromatic carbocycles. The van der Waals surface area contributed by atoms with Crippen LogP contribution in [0.15, 0.2) is 11.9 Å². The maximum Gasteiger partial charge on any atom is 0.109 e. The molecule has 0 radical (unpaired) electrons. The van der Waals surface area contributed by atoms with Crippen LogP contribution in [0.5, 0.6) is 0 Å².